The molecule has 6 heteroatoms. The Morgan fingerprint density at radius 2 is 2.07 bits per heavy atom. The number of carbonyl (C=O) groups is 1. The molecule has 6 nitrogen and oxygen atoms in total. The van der Waals surface area contributed by atoms with Crippen molar-refractivity contribution in [3.05, 3.63) is 29.0 Å². The topological polar surface area (TPSA) is 117 Å². The number of phenolic OH excluding ortho intramolecular Hbond substituents is 2. The van der Waals surface area contributed by atoms with Crippen molar-refractivity contribution in [1.82, 2.24) is 0 Å². The second kappa shape index (κ2) is 4.63. The van der Waals surface area contributed by atoms with E-state index in [0.717, 1.165) is 0 Å². The minimum Gasteiger partial charge on any atom is -0.635 e. The average molecular weight is 213 g/mol. The number of nitrogens with two attached hydrogens (primary N) is 1. The normalized spacial score (nSPS) is 12.3. The van der Waals surface area contributed by atoms with Gasteiger partial charge in [0.15, 0.2) is 17.5 Å². The summed E-state index contributed by atoms with van der Waals surface area (Å²) in [5, 5.41) is 37.2. The number of hydrogen-bond acceptors (Lipinski definition) is 4. The zero-order valence-corrected chi connectivity index (χ0v) is 7.75. The van der Waals surface area contributed by atoms with E-state index in [0.29, 0.717) is 11.0 Å². The minimum atomic E-state index is -1.21. The summed E-state index contributed by atoms with van der Waals surface area (Å²) < 4.78 is 0. The van der Waals surface area contributed by atoms with Crippen molar-refractivity contribution in [2.24, 2.45) is 0 Å². The zero-order chi connectivity index (χ0) is 11.4. The van der Waals surface area contributed by atoms with E-state index >= 15 is 0 Å². The van der Waals surface area contributed by atoms with Crippen LogP contribution in [0.5, 0.6) is 11.5 Å². The summed E-state index contributed by atoms with van der Waals surface area (Å²) in [6.07, 6.45) is -0.00727. The van der Waals surface area contributed by atoms with Gasteiger partial charge in [-0.2, -0.15) is 0 Å². The van der Waals surface area contributed by atoms with Crippen molar-refractivity contribution in [1.29, 1.82) is 0 Å². The first-order valence-corrected chi connectivity index (χ1v) is 4.23. The number of carboxylic acid groups (broad SMARTS) is 1. The SMILES string of the molecule is O=C(O)[C@@H](Cc1ccc(O)c(O)c1)[NH2+][O-]. The van der Waals surface area contributed by atoms with Gasteiger partial charge >= 0.3 is 5.97 Å². The average Bonchev–Trinajstić information content (AvgIpc) is 2.19. The summed E-state index contributed by atoms with van der Waals surface area (Å²) in [5.74, 6) is -1.82. The molecule has 1 aromatic carbocycles. The maximum absolute atomic E-state index is 10.5. The van der Waals surface area contributed by atoms with Gasteiger partial charge in [0.1, 0.15) is 0 Å². The van der Waals surface area contributed by atoms with Crippen LogP contribution in [0.25, 0.3) is 0 Å². The van der Waals surface area contributed by atoms with E-state index in [2.05, 4.69) is 0 Å². The third kappa shape index (κ3) is 2.83. The van der Waals surface area contributed by atoms with Crippen LogP contribution in [0.1, 0.15) is 5.56 Å². The molecule has 5 N–H and O–H groups in total. The molecule has 0 spiro atoms. The van der Waals surface area contributed by atoms with Crippen molar-refractivity contribution in [3.8, 4) is 11.5 Å². The molecule has 0 saturated heterocycles. The van der Waals surface area contributed by atoms with Crippen molar-refractivity contribution in [3.63, 3.8) is 0 Å². The van der Waals surface area contributed by atoms with Crippen molar-refractivity contribution >= 4 is 5.97 Å². The largest absolute Gasteiger partial charge is 0.635 e. The molecule has 0 radical (unpaired) electrons. The van der Waals surface area contributed by atoms with Gasteiger partial charge in [-0.1, -0.05) is 6.07 Å². The first-order chi connectivity index (χ1) is 7.04. The van der Waals surface area contributed by atoms with E-state index in [4.69, 9.17) is 15.3 Å². The number of hydrogen-bond donors (Lipinski definition) is 4. The molecule has 1 atom stereocenters. The molecule has 0 aromatic heterocycles. The van der Waals surface area contributed by atoms with E-state index < -0.39 is 12.0 Å². The highest BCUT2D eigenvalue weighted by Gasteiger charge is 2.18. The fourth-order valence-corrected chi connectivity index (χ4v) is 1.14. The second-order valence-electron chi connectivity index (χ2n) is 3.11. The van der Waals surface area contributed by atoms with Crippen molar-refractivity contribution < 1.29 is 25.6 Å². The van der Waals surface area contributed by atoms with E-state index in [-0.39, 0.29) is 17.9 Å². The Hall–Kier alpha value is -1.79. The molecule has 15 heavy (non-hydrogen) atoms. The molecule has 82 valence electrons. The van der Waals surface area contributed by atoms with Crippen LogP contribution in [0, 0.1) is 5.21 Å². The number of phenols is 2. The summed E-state index contributed by atoms with van der Waals surface area (Å²) in [4.78, 5) is 10.5. The number of quaternary nitrogens is 1. The summed E-state index contributed by atoms with van der Waals surface area (Å²) in [6.45, 7) is 0. The van der Waals surface area contributed by atoms with E-state index in [1.54, 1.807) is 0 Å². The fraction of sp³-hybridized carbons (Fsp3) is 0.222. The maximum Gasteiger partial charge on any atom is 0.363 e. The third-order valence-electron chi connectivity index (χ3n) is 1.98. The lowest BCUT2D eigenvalue weighted by molar-refractivity contribution is -0.614. The molecule has 0 unspecified atom stereocenters. The van der Waals surface area contributed by atoms with Crippen LogP contribution >= 0.6 is 0 Å². The summed E-state index contributed by atoms with van der Waals surface area (Å²) in [7, 11) is 0. The Morgan fingerprint density at radius 3 is 2.53 bits per heavy atom. The predicted molar refractivity (Wildman–Crippen MR) is 50.2 cm³/mol. The second-order valence-corrected chi connectivity index (χ2v) is 3.11. The number of rotatable bonds is 4. The van der Waals surface area contributed by atoms with Gasteiger partial charge in [0.2, 0.25) is 0 Å². The van der Waals surface area contributed by atoms with Gasteiger partial charge in [0.25, 0.3) is 0 Å². The molecule has 1 rings (SSSR count). The molecule has 0 amide bonds. The molecule has 0 aliphatic heterocycles. The Labute approximate surface area is 85.4 Å². The molecule has 0 saturated carbocycles. The van der Waals surface area contributed by atoms with Crippen LogP contribution in [0.15, 0.2) is 18.2 Å². The van der Waals surface area contributed by atoms with Crippen LogP contribution in [-0.2, 0) is 11.2 Å². The lowest BCUT2D eigenvalue weighted by Gasteiger charge is -2.12. The highest BCUT2D eigenvalue weighted by atomic mass is 16.5. The smallest absolute Gasteiger partial charge is 0.363 e. The molecule has 1 aromatic rings. The zero-order valence-electron chi connectivity index (χ0n) is 7.75. The monoisotopic (exact) mass is 213 g/mol. The highest BCUT2D eigenvalue weighted by molar-refractivity contribution is 5.72. The van der Waals surface area contributed by atoms with Gasteiger partial charge in [-0.3, -0.25) is 0 Å². The Balaban J connectivity index is 2.80. The van der Waals surface area contributed by atoms with Gasteiger partial charge in [-0.05, 0) is 17.7 Å². The van der Waals surface area contributed by atoms with Crippen LogP contribution < -0.4 is 5.48 Å². The quantitative estimate of drug-likeness (QED) is 0.384. The first kappa shape index (κ1) is 11.3. The molecular formula is C9H11NO5. The van der Waals surface area contributed by atoms with Crippen LogP contribution in [0.3, 0.4) is 0 Å². The lowest BCUT2D eigenvalue weighted by atomic mass is 10.1. The molecule has 0 aliphatic rings. The van der Waals surface area contributed by atoms with Gasteiger partial charge in [-0.25, -0.2) is 4.79 Å². The van der Waals surface area contributed by atoms with Gasteiger partial charge < -0.3 is 26.0 Å². The molecule has 0 aliphatic carbocycles. The van der Waals surface area contributed by atoms with Crippen LogP contribution in [0.2, 0.25) is 0 Å². The summed E-state index contributed by atoms with van der Waals surface area (Å²) >= 11 is 0. The first-order valence-electron chi connectivity index (χ1n) is 4.23. The Kier molecular flexibility index (Phi) is 3.48. The van der Waals surface area contributed by atoms with E-state index in [9.17, 15) is 10.0 Å². The Bertz CT molecular complexity index is 366. The van der Waals surface area contributed by atoms with Gasteiger partial charge in [0, 0.05) is 6.42 Å². The third-order valence-corrected chi connectivity index (χ3v) is 1.98. The van der Waals surface area contributed by atoms with Crippen LogP contribution in [-0.4, -0.2) is 27.3 Å². The molecule has 0 heterocycles. The standard InChI is InChI=1S/C9H11NO5/c11-7-2-1-5(4-8(7)12)3-6(10-15)9(13)14/h1-2,4,6,11-12H,3,10H2,(H,13,14)/t6-/m1/s1. The number of aliphatic carboxylic acids is 1. The van der Waals surface area contributed by atoms with Gasteiger partial charge in [0.05, 0.1) is 0 Å². The number of carboxylic acids is 1. The van der Waals surface area contributed by atoms with Crippen LogP contribution in [0.4, 0.5) is 0 Å². The van der Waals surface area contributed by atoms with Gasteiger partial charge in [-0.15, -0.1) is 0 Å². The number of hydroxylamine groups is 1. The molecular weight excluding hydrogens is 202 g/mol. The lowest BCUT2D eigenvalue weighted by Crippen LogP contribution is -2.87. The fourth-order valence-electron chi connectivity index (χ4n) is 1.14. The molecule has 0 bridgehead atoms. The van der Waals surface area contributed by atoms with E-state index in [1.807, 2.05) is 0 Å². The van der Waals surface area contributed by atoms with Crippen molar-refractivity contribution in [2.75, 3.05) is 0 Å². The Morgan fingerprint density at radius 1 is 1.40 bits per heavy atom. The summed E-state index contributed by atoms with van der Waals surface area (Å²) in [5.41, 5.74) is 0.816. The highest BCUT2D eigenvalue weighted by Crippen LogP contribution is 2.25. The van der Waals surface area contributed by atoms with Crippen molar-refractivity contribution in [2.45, 2.75) is 12.5 Å². The number of benzene rings is 1. The summed E-state index contributed by atoms with van der Waals surface area (Å²) in [6, 6.07) is 2.80. The maximum atomic E-state index is 10.5. The molecule has 0 fully saturated rings. The predicted octanol–water partition coefficient (Wildman–Crippen LogP) is -0.845. The minimum absolute atomic E-state index is 0.00727. The van der Waals surface area contributed by atoms with E-state index in [1.165, 1.54) is 18.2 Å². The number of aromatic hydroxyl groups is 2.